The molecule has 0 spiro atoms. The van der Waals surface area contributed by atoms with Crippen molar-refractivity contribution in [1.82, 2.24) is 0 Å². The van der Waals surface area contributed by atoms with Gasteiger partial charge in [0.1, 0.15) is 0 Å². The van der Waals surface area contributed by atoms with Crippen LogP contribution in [0.15, 0.2) is 18.2 Å². The van der Waals surface area contributed by atoms with Crippen LogP contribution in [0.3, 0.4) is 0 Å². The van der Waals surface area contributed by atoms with E-state index in [1.54, 1.807) is 6.92 Å². The van der Waals surface area contributed by atoms with Gasteiger partial charge in [-0.05, 0) is 39.0 Å². The molecule has 6 N–H and O–H groups in total. The highest BCUT2D eigenvalue weighted by atomic mass is 16.5. The van der Waals surface area contributed by atoms with E-state index in [4.69, 9.17) is 16.2 Å². The first-order chi connectivity index (χ1) is 10.7. The first-order valence-electron chi connectivity index (χ1n) is 7.19. The second-order valence-electron chi connectivity index (χ2n) is 5.08. The van der Waals surface area contributed by atoms with E-state index in [0.717, 1.165) is 0 Å². The van der Waals surface area contributed by atoms with Crippen molar-refractivity contribution in [2.24, 2.45) is 11.5 Å². The molecular weight excluding hydrogens is 300 g/mol. The lowest BCUT2D eigenvalue weighted by atomic mass is 10.1. The lowest BCUT2D eigenvalue weighted by molar-refractivity contribution is -0.117. The molecule has 8 nitrogen and oxygen atoms in total. The maximum Gasteiger partial charge on any atom is 0.338 e. The van der Waals surface area contributed by atoms with Crippen LogP contribution in [-0.2, 0) is 14.3 Å². The topological polar surface area (TPSA) is 137 Å². The first kappa shape index (κ1) is 18.6. The minimum absolute atomic E-state index is 0.189. The molecule has 0 fully saturated rings. The highest BCUT2D eigenvalue weighted by Crippen LogP contribution is 2.20. The molecule has 0 bridgehead atoms. The van der Waals surface area contributed by atoms with Crippen LogP contribution in [0.4, 0.5) is 11.4 Å². The molecule has 0 unspecified atom stereocenters. The summed E-state index contributed by atoms with van der Waals surface area (Å²) in [5.41, 5.74) is 11.8. The Hall–Kier alpha value is -2.45. The Morgan fingerprint density at radius 2 is 1.43 bits per heavy atom. The fourth-order valence-corrected chi connectivity index (χ4v) is 1.62. The minimum atomic E-state index is -0.719. The molecule has 23 heavy (non-hydrogen) atoms. The second kappa shape index (κ2) is 8.25. The number of carbonyl (C=O) groups excluding carboxylic acids is 3. The molecule has 126 valence electrons. The van der Waals surface area contributed by atoms with Gasteiger partial charge in [-0.25, -0.2) is 4.79 Å². The molecule has 0 saturated carbocycles. The number of rotatable bonds is 6. The SMILES string of the molecule is CCOC(=O)c1cc(NC(=O)[C@H](C)N)cc(NC(=O)[C@H](C)N)c1. The molecule has 2 amide bonds. The number of hydrogen-bond acceptors (Lipinski definition) is 6. The van der Waals surface area contributed by atoms with Gasteiger partial charge in [-0.15, -0.1) is 0 Å². The van der Waals surface area contributed by atoms with Crippen molar-refractivity contribution in [3.05, 3.63) is 23.8 Å². The molecule has 0 saturated heterocycles. The highest BCUT2D eigenvalue weighted by molar-refractivity contribution is 6.00. The van der Waals surface area contributed by atoms with Gasteiger partial charge in [0.15, 0.2) is 0 Å². The van der Waals surface area contributed by atoms with E-state index in [2.05, 4.69) is 10.6 Å². The van der Waals surface area contributed by atoms with Gasteiger partial charge in [-0.3, -0.25) is 9.59 Å². The summed E-state index contributed by atoms with van der Waals surface area (Å²) in [4.78, 5) is 35.3. The number of benzene rings is 1. The Kier molecular flexibility index (Phi) is 6.67. The summed E-state index contributed by atoms with van der Waals surface area (Å²) >= 11 is 0. The van der Waals surface area contributed by atoms with Crippen LogP contribution in [0, 0.1) is 0 Å². The van der Waals surface area contributed by atoms with Gasteiger partial charge in [-0.2, -0.15) is 0 Å². The maximum atomic E-state index is 11.9. The molecule has 0 aromatic heterocycles. The number of hydrogen-bond donors (Lipinski definition) is 4. The number of nitrogens with one attached hydrogen (secondary N) is 2. The van der Waals surface area contributed by atoms with E-state index in [9.17, 15) is 14.4 Å². The van der Waals surface area contributed by atoms with E-state index in [0.29, 0.717) is 11.4 Å². The van der Waals surface area contributed by atoms with Crippen LogP contribution in [0.1, 0.15) is 31.1 Å². The Morgan fingerprint density at radius 3 is 1.78 bits per heavy atom. The van der Waals surface area contributed by atoms with E-state index in [-0.39, 0.29) is 12.2 Å². The third-order valence-corrected chi connectivity index (χ3v) is 2.81. The maximum absolute atomic E-state index is 11.9. The number of esters is 1. The molecule has 0 radical (unpaired) electrons. The van der Waals surface area contributed by atoms with Gasteiger partial charge in [0, 0.05) is 11.4 Å². The lowest BCUT2D eigenvalue weighted by Gasteiger charge is -2.13. The van der Waals surface area contributed by atoms with Crippen LogP contribution in [0.5, 0.6) is 0 Å². The number of carbonyl (C=O) groups is 3. The van der Waals surface area contributed by atoms with Crippen molar-refractivity contribution in [1.29, 1.82) is 0 Å². The second-order valence-corrected chi connectivity index (χ2v) is 5.08. The highest BCUT2D eigenvalue weighted by Gasteiger charge is 2.15. The number of amides is 2. The van der Waals surface area contributed by atoms with E-state index < -0.39 is 29.9 Å². The van der Waals surface area contributed by atoms with Crippen molar-refractivity contribution in [2.45, 2.75) is 32.9 Å². The van der Waals surface area contributed by atoms with Crippen molar-refractivity contribution in [3.8, 4) is 0 Å². The molecule has 1 rings (SSSR count). The van der Waals surface area contributed by atoms with Gasteiger partial charge in [0.05, 0.1) is 24.3 Å². The Balaban J connectivity index is 3.13. The predicted octanol–water partition coefficient (Wildman–Crippen LogP) is 0.435. The third-order valence-electron chi connectivity index (χ3n) is 2.81. The zero-order chi connectivity index (χ0) is 17.6. The standard InChI is InChI=1S/C15H22N4O4/c1-4-23-15(22)10-5-11(18-13(20)8(2)16)7-12(6-10)19-14(21)9(3)17/h5-9H,4,16-17H2,1-3H3,(H,18,20)(H,19,21)/t8-,9-/m0/s1. The van der Waals surface area contributed by atoms with E-state index in [1.807, 2.05) is 0 Å². The zero-order valence-corrected chi connectivity index (χ0v) is 13.4. The van der Waals surface area contributed by atoms with Crippen molar-refractivity contribution in [2.75, 3.05) is 17.2 Å². The summed E-state index contributed by atoms with van der Waals surface area (Å²) in [6.07, 6.45) is 0. The molecule has 0 aliphatic carbocycles. The van der Waals surface area contributed by atoms with Crippen LogP contribution in [0.2, 0.25) is 0 Å². The minimum Gasteiger partial charge on any atom is -0.462 e. The summed E-state index contributed by atoms with van der Waals surface area (Å²) in [7, 11) is 0. The largest absolute Gasteiger partial charge is 0.462 e. The quantitative estimate of drug-likeness (QED) is 0.561. The Labute approximate surface area is 134 Å². The molecule has 0 aliphatic heterocycles. The van der Waals surface area contributed by atoms with Crippen LogP contribution < -0.4 is 22.1 Å². The summed E-state index contributed by atoms with van der Waals surface area (Å²) in [6.45, 7) is 4.95. The number of ether oxygens (including phenoxy) is 1. The Bertz CT molecular complexity index is 559. The van der Waals surface area contributed by atoms with Gasteiger partial charge in [0.25, 0.3) is 0 Å². The molecule has 2 atom stereocenters. The van der Waals surface area contributed by atoms with Crippen LogP contribution in [0.25, 0.3) is 0 Å². The number of nitrogens with two attached hydrogens (primary N) is 2. The molecule has 1 aromatic carbocycles. The first-order valence-corrected chi connectivity index (χ1v) is 7.19. The molecule has 0 aliphatic rings. The summed E-state index contributed by atoms with van der Waals surface area (Å²) < 4.78 is 4.93. The van der Waals surface area contributed by atoms with E-state index in [1.165, 1.54) is 32.0 Å². The summed E-state index contributed by atoms with van der Waals surface area (Å²) in [6, 6.07) is 2.95. The molecule has 8 heteroatoms. The fraction of sp³-hybridized carbons (Fsp3) is 0.400. The summed E-state index contributed by atoms with van der Waals surface area (Å²) in [5.74, 6) is -1.41. The zero-order valence-electron chi connectivity index (χ0n) is 13.4. The smallest absolute Gasteiger partial charge is 0.338 e. The van der Waals surface area contributed by atoms with Crippen molar-refractivity contribution in [3.63, 3.8) is 0 Å². The average molecular weight is 322 g/mol. The molecule has 0 heterocycles. The number of anilines is 2. The van der Waals surface area contributed by atoms with Gasteiger partial charge in [0.2, 0.25) is 11.8 Å². The van der Waals surface area contributed by atoms with Gasteiger partial charge < -0.3 is 26.8 Å². The fourth-order valence-electron chi connectivity index (χ4n) is 1.62. The van der Waals surface area contributed by atoms with Crippen molar-refractivity contribution >= 4 is 29.2 Å². The predicted molar refractivity (Wildman–Crippen MR) is 87.0 cm³/mol. The summed E-state index contributed by atoms with van der Waals surface area (Å²) in [5, 5.41) is 5.13. The van der Waals surface area contributed by atoms with Crippen LogP contribution >= 0.6 is 0 Å². The Morgan fingerprint density at radius 1 is 1.00 bits per heavy atom. The lowest BCUT2D eigenvalue weighted by Crippen LogP contribution is -2.33. The molecular formula is C15H22N4O4. The van der Waals surface area contributed by atoms with Crippen molar-refractivity contribution < 1.29 is 19.1 Å². The van der Waals surface area contributed by atoms with Gasteiger partial charge in [-0.1, -0.05) is 0 Å². The third kappa shape index (κ3) is 5.68. The van der Waals surface area contributed by atoms with Gasteiger partial charge >= 0.3 is 5.97 Å². The molecule has 1 aromatic rings. The monoisotopic (exact) mass is 322 g/mol. The van der Waals surface area contributed by atoms with Crippen LogP contribution in [-0.4, -0.2) is 36.5 Å². The normalized spacial score (nSPS) is 12.9. The average Bonchev–Trinajstić information content (AvgIpc) is 2.46. The van der Waals surface area contributed by atoms with E-state index >= 15 is 0 Å².